The summed E-state index contributed by atoms with van der Waals surface area (Å²) in [6.45, 7) is 7.32. The quantitative estimate of drug-likeness (QED) is 0.744. The van der Waals surface area contributed by atoms with E-state index in [-0.39, 0.29) is 0 Å². The van der Waals surface area contributed by atoms with Gasteiger partial charge in [0.25, 0.3) is 0 Å². The van der Waals surface area contributed by atoms with Crippen LogP contribution in [0.4, 0.5) is 5.95 Å². The van der Waals surface area contributed by atoms with Gasteiger partial charge in [-0.3, -0.25) is 0 Å². The average molecular weight is 226 g/mol. The van der Waals surface area contributed by atoms with Gasteiger partial charge in [0.05, 0.1) is 0 Å². The van der Waals surface area contributed by atoms with Crippen molar-refractivity contribution in [1.82, 2.24) is 15.3 Å². The van der Waals surface area contributed by atoms with Crippen LogP contribution in [0.25, 0.3) is 0 Å². The fourth-order valence-electron chi connectivity index (χ4n) is 0.983. The summed E-state index contributed by atoms with van der Waals surface area (Å²) in [4.78, 5) is 8.31. The van der Waals surface area contributed by atoms with E-state index in [1.165, 1.54) is 0 Å². The van der Waals surface area contributed by atoms with Gasteiger partial charge in [-0.2, -0.15) is 4.98 Å². The van der Waals surface area contributed by atoms with Gasteiger partial charge in [0.15, 0.2) is 0 Å². The Hall–Kier alpha value is -1.36. The minimum Gasteiger partial charge on any atom is -0.476 e. The molecule has 0 aromatic carbocycles. The minimum atomic E-state index is 0.587. The lowest BCUT2D eigenvalue weighted by Gasteiger charge is -2.06. The van der Waals surface area contributed by atoms with E-state index in [0.717, 1.165) is 12.2 Å². The molecule has 0 bridgehead atoms. The highest BCUT2D eigenvalue weighted by Gasteiger charge is 2.00. The van der Waals surface area contributed by atoms with Gasteiger partial charge < -0.3 is 15.4 Å². The summed E-state index contributed by atoms with van der Waals surface area (Å²) in [6, 6.07) is 1.82. The van der Waals surface area contributed by atoms with Crippen LogP contribution in [0.2, 0.25) is 0 Å². The smallest absolute Gasteiger partial charge is 0.225 e. The van der Waals surface area contributed by atoms with E-state index in [4.69, 9.17) is 4.74 Å². The van der Waals surface area contributed by atoms with Crippen molar-refractivity contribution >= 4 is 5.95 Å². The molecule has 92 valence electrons. The highest BCUT2D eigenvalue weighted by Crippen LogP contribution is 2.10. The second-order valence-electron chi connectivity index (χ2n) is 2.87. The van der Waals surface area contributed by atoms with Gasteiger partial charge in [0.1, 0.15) is 6.61 Å². The highest BCUT2D eigenvalue weighted by molar-refractivity contribution is 5.29. The zero-order valence-corrected chi connectivity index (χ0v) is 10.8. The third-order valence-electron chi connectivity index (χ3n) is 1.66. The molecule has 0 saturated heterocycles. The van der Waals surface area contributed by atoms with Crippen LogP contribution >= 0.6 is 0 Å². The van der Waals surface area contributed by atoms with E-state index < -0.39 is 0 Å². The summed E-state index contributed by atoms with van der Waals surface area (Å²) in [5.74, 6) is 1.20. The van der Waals surface area contributed by atoms with Crippen LogP contribution in [0.1, 0.15) is 19.5 Å². The van der Waals surface area contributed by atoms with Gasteiger partial charge in [-0.25, -0.2) is 4.98 Å². The van der Waals surface area contributed by atoms with E-state index in [2.05, 4.69) is 20.6 Å². The lowest BCUT2D eigenvalue weighted by Crippen LogP contribution is -2.16. The Kier molecular flexibility index (Phi) is 8.15. The Bertz CT molecular complexity index is 291. The van der Waals surface area contributed by atoms with Gasteiger partial charge in [0.2, 0.25) is 11.8 Å². The van der Waals surface area contributed by atoms with Gasteiger partial charge in [-0.15, -0.1) is 0 Å². The van der Waals surface area contributed by atoms with E-state index in [1.54, 1.807) is 7.05 Å². The molecule has 0 aliphatic rings. The molecule has 1 rings (SSSR count). The summed E-state index contributed by atoms with van der Waals surface area (Å²) in [5, 5.41) is 5.88. The Morgan fingerprint density at radius 3 is 2.50 bits per heavy atom. The van der Waals surface area contributed by atoms with Crippen molar-refractivity contribution in [3.05, 3.63) is 11.8 Å². The largest absolute Gasteiger partial charge is 0.476 e. The lowest BCUT2D eigenvalue weighted by atomic mass is 10.4. The number of hydrogen-bond donors (Lipinski definition) is 2. The van der Waals surface area contributed by atoms with Crippen molar-refractivity contribution in [2.75, 3.05) is 32.6 Å². The Balaban J connectivity index is 0.00000106. The van der Waals surface area contributed by atoms with Crippen molar-refractivity contribution in [3.63, 3.8) is 0 Å². The van der Waals surface area contributed by atoms with E-state index in [1.807, 2.05) is 33.9 Å². The van der Waals surface area contributed by atoms with Crippen LogP contribution in [0.15, 0.2) is 6.07 Å². The summed E-state index contributed by atoms with van der Waals surface area (Å²) in [7, 11) is 3.67. The predicted molar refractivity (Wildman–Crippen MR) is 67.1 cm³/mol. The van der Waals surface area contributed by atoms with Crippen LogP contribution in [0.3, 0.4) is 0 Å². The zero-order valence-electron chi connectivity index (χ0n) is 10.8. The molecule has 1 heterocycles. The number of rotatable bonds is 5. The highest BCUT2D eigenvalue weighted by atomic mass is 16.5. The summed E-state index contributed by atoms with van der Waals surface area (Å²) in [6.07, 6.45) is 0. The Morgan fingerprint density at radius 1 is 1.25 bits per heavy atom. The van der Waals surface area contributed by atoms with Crippen molar-refractivity contribution in [1.29, 1.82) is 0 Å². The van der Waals surface area contributed by atoms with Crippen molar-refractivity contribution in [3.8, 4) is 5.88 Å². The molecule has 0 fully saturated rings. The summed E-state index contributed by atoms with van der Waals surface area (Å²) < 4.78 is 5.42. The van der Waals surface area contributed by atoms with Crippen LogP contribution in [-0.4, -0.2) is 37.2 Å². The molecular formula is C11H22N4O. The number of aryl methyl sites for hydroxylation is 1. The standard InChI is InChI=1S/C9H16N4O.C2H6/c1-7-6-8(14-5-4-10-2)13-9(11-3)12-7;1-2/h6,10H,4-5H2,1-3H3,(H,11,12,13);1-2H3. The maximum atomic E-state index is 5.42. The molecule has 5 nitrogen and oxygen atoms in total. The fraction of sp³-hybridized carbons (Fsp3) is 0.636. The number of nitrogens with one attached hydrogen (secondary N) is 2. The van der Waals surface area contributed by atoms with Crippen LogP contribution in [-0.2, 0) is 0 Å². The normalized spacial score (nSPS) is 9.06. The van der Waals surface area contributed by atoms with Gasteiger partial charge in [0, 0.05) is 25.4 Å². The first-order valence-corrected chi connectivity index (χ1v) is 5.57. The molecule has 0 unspecified atom stereocenters. The lowest BCUT2D eigenvalue weighted by molar-refractivity contribution is 0.306. The zero-order chi connectivity index (χ0) is 12.4. The Morgan fingerprint density at radius 2 is 1.94 bits per heavy atom. The molecule has 0 radical (unpaired) electrons. The molecule has 0 aliphatic carbocycles. The number of hydrogen-bond acceptors (Lipinski definition) is 5. The maximum absolute atomic E-state index is 5.42. The molecule has 0 amide bonds. The minimum absolute atomic E-state index is 0.587. The first-order valence-electron chi connectivity index (χ1n) is 5.57. The number of anilines is 1. The SMILES string of the molecule is CC.CNCCOc1cc(C)nc(NC)n1. The second kappa shape index (κ2) is 8.91. The van der Waals surface area contributed by atoms with Crippen LogP contribution in [0.5, 0.6) is 5.88 Å². The van der Waals surface area contributed by atoms with E-state index >= 15 is 0 Å². The average Bonchev–Trinajstić information content (AvgIpc) is 2.31. The molecule has 2 N–H and O–H groups in total. The Labute approximate surface area is 97.6 Å². The maximum Gasteiger partial charge on any atom is 0.225 e. The molecule has 16 heavy (non-hydrogen) atoms. The molecule has 0 aliphatic heterocycles. The van der Waals surface area contributed by atoms with Crippen molar-refractivity contribution < 1.29 is 4.74 Å². The molecule has 0 spiro atoms. The van der Waals surface area contributed by atoms with Gasteiger partial charge in [-0.1, -0.05) is 13.8 Å². The number of likely N-dealkylation sites (N-methyl/N-ethyl adjacent to an activating group) is 1. The second-order valence-corrected chi connectivity index (χ2v) is 2.87. The van der Waals surface area contributed by atoms with E-state index in [9.17, 15) is 0 Å². The van der Waals surface area contributed by atoms with Crippen molar-refractivity contribution in [2.24, 2.45) is 0 Å². The summed E-state index contributed by atoms with van der Waals surface area (Å²) >= 11 is 0. The number of nitrogens with zero attached hydrogens (tertiary/aromatic N) is 2. The predicted octanol–water partition coefficient (Wildman–Crippen LogP) is 1.45. The topological polar surface area (TPSA) is 59.1 Å². The first-order chi connectivity index (χ1) is 7.76. The first kappa shape index (κ1) is 14.6. The number of aromatic nitrogens is 2. The summed E-state index contributed by atoms with van der Waals surface area (Å²) in [5.41, 5.74) is 0.892. The van der Waals surface area contributed by atoms with E-state index in [0.29, 0.717) is 18.4 Å². The molecule has 5 heteroatoms. The number of ether oxygens (including phenoxy) is 1. The van der Waals surface area contributed by atoms with Gasteiger partial charge >= 0.3 is 0 Å². The fourth-order valence-corrected chi connectivity index (χ4v) is 0.983. The van der Waals surface area contributed by atoms with Crippen molar-refractivity contribution in [2.45, 2.75) is 20.8 Å². The third kappa shape index (κ3) is 5.50. The van der Waals surface area contributed by atoms with Gasteiger partial charge in [-0.05, 0) is 14.0 Å². The molecule has 1 aromatic rings. The molecule has 0 saturated carbocycles. The molecular weight excluding hydrogens is 204 g/mol. The van der Waals surface area contributed by atoms with Crippen LogP contribution in [0, 0.1) is 6.92 Å². The van der Waals surface area contributed by atoms with Crippen LogP contribution < -0.4 is 15.4 Å². The third-order valence-corrected chi connectivity index (χ3v) is 1.66. The molecule has 1 aromatic heterocycles. The molecule has 0 atom stereocenters. The monoisotopic (exact) mass is 226 g/mol.